The van der Waals surface area contributed by atoms with Gasteiger partial charge in [0.15, 0.2) is 0 Å². The molecule has 0 rings (SSSR count). The van der Waals surface area contributed by atoms with Crippen LogP contribution in [0, 0.1) is 0 Å². The van der Waals surface area contributed by atoms with E-state index in [1.165, 1.54) is 116 Å². The minimum Gasteiger partial charge on any atom is -0.392 e. The number of aliphatic hydroxyl groups excluding tert-OH is 3. The van der Waals surface area contributed by atoms with E-state index in [1.807, 2.05) is 0 Å². The Labute approximate surface area is 386 Å². The Morgan fingerprint density at radius 1 is 0.387 bits per heavy atom. The minimum atomic E-state index is -0.351. The second-order valence-electron chi connectivity index (χ2n) is 18.1. The van der Waals surface area contributed by atoms with Crippen molar-refractivity contribution in [3.63, 3.8) is 0 Å². The summed E-state index contributed by atoms with van der Waals surface area (Å²) in [6, 6.07) is 0. The van der Waals surface area contributed by atoms with E-state index in [2.05, 4.69) is 116 Å². The lowest BCUT2D eigenvalue weighted by Crippen LogP contribution is -2.43. The number of rotatable bonds is 48. The molecule has 0 aromatic rings. The molecule has 0 bridgehead atoms. The summed E-state index contributed by atoms with van der Waals surface area (Å²) in [6.07, 6.45) is 61.1. The Hall–Kier alpha value is -1.80. The van der Waals surface area contributed by atoms with Crippen molar-refractivity contribution in [1.82, 2.24) is 15.1 Å². The van der Waals surface area contributed by atoms with E-state index in [1.54, 1.807) is 0 Å². The van der Waals surface area contributed by atoms with Crippen molar-refractivity contribution in [3.8, 4) is 0 Å². The van der Waals surface area contributed by atoms with Gasteiger partial charge in [-0.05, 0) is 103 Å². The monoisotopic (exact) mass is 868 g/mol. The molecule has 0 aliphatic heterocycles. The van der Waals surface area contributed by atoms with Crippen molar-refractivity contribution in [2.45, 2.75) is 232 Å². The van der Waals surface area contributed by atoms with Gasteiger partial charge in [-0.1, -0.05) is 190 Å². The summed E-state index contributed by atoms with van der Waals surface area (Å²) in [5.74, 6) is 0. The lowest BCUT2D eigenvalue weighted by Gasteiger charge is -2.29. The number of nitrogens with one attached hydrogen (secondary N) is 1. The topological polar surface area (TPSA) is 79.2 Å². The molecule has 0 aromatic heterocycles. The van der Waals surface area contributed by atoms with Gasteiger partial charge in [0.2, 0.25) is 0 Å². The largest absolute Gasteiger partial charge is 0.392 e. The van der Waals surface area contributed by atoms with Crippen molar-refractivity contribution in [1.29, 1.82) is 0 Å². The molecule has 62 heavy (non-hydrogen) atoms. The molecule has 0 saturated heterocycles. The molecular weight excluding hydrogens is 763 g/mol. The van der Waals surface area contributed by atoms with Crippen molar-refractivity contribution in [2.24, 2.45) is 0 Å². The summed E-state index contributed by atoms with van der Waals surface area (Å²) in [5.41, 5.74) is 0. The van der Waals surface area contributed by atoms with Crippen LogP contribution in [0.25, 0.3) is 0 Å². The molecule has 0 saturated carbocycles. The standard InChI is InChI=1S/C56H105N3O3/c1-5-8-11-14-17-20-23-26-29-32-35-38-41-44-54(60)51-57-47-48-58(4)49-50-59(52-55(61)45-42-39-36-33-30-27-24-21-18-15-12-9-6-2)53-56(62)46-43-40-37-34-31-28-25-22-19-16-13-10-7-3/h8-13,17-22,54-57,60-62H,5-7,14-16,23-53H2,1-4H3/b11-8-,12-9-,13-10-,20-17-,21-18-,22-19-. The van der Waals surface area contributed by atoms with E-state index < -0.39 is 0 Å². The normalized spacial score (nSPS) is 14.3. The van der Waals surface area contributed by atoms with Gasteiger partial charge in [0.05, 0.1) is 18.3 Å². The third kappa shape index (κ3) is 47.7. The summed E-state index contributed by atoms with van der Waals surface area (Å²) in [5, 5.41) is 36.2. The Morgan fingerprint density at radius 2 is 0.726 bits per heavy atom. The number of unbranched alkanes of at least 4 members (excludes halogenated alkanes) is 18. The van der Waals surface area contributed by atoms with E-state index in [-0.39, 0.29) is 18.3 Å². The second kappa shape index (κ2) is 50.2. The Kier molecular flexibility index (Phi) is 48.7. The number of aliphatic hydroxyl groups is 3. The average molecular weight is 868 g/mol. The summed E-state index contributed by atoms with van der Waals surface area (Å²) in [4.78, 5) is 4.65. The molecule has 3 unspecified atom stereocenters. The van der Waals surface area contributed by atoms with Gasteiger partial charge in [0, 0.05) is 45.8 Å². The quantitative estimate of drug-likeness (QED) is 0.0360. The van der Waals surface area contributed by atoms with Gasteiger partial charge < -0.3 is 25.5 Å². The van der Waals surface area contributed by atoms with Crippen molar-refractivity contribution < 1.29 is 15.3 Å². The number of likely N-dealkylation sites (N-methyl/N-ethyl adjacent to an activating group) is 1. The third-order valence-corrected chi connectivity index (χ3v) is 11.8. The second-order valence-corrected chi connectivity index (χ2v) is 18.1. The fraction of sp³-hybridized carbons (Fsp3) is 0.786. The number of hydrogen-bond donors (Lipinski definition) is 4. The van der Waals surface area contributed by atoms with Crippen LogP contribution < -0.4 is 5.32 Å². The Morgan fingerprint density at radius 3 is 1.11 bits per heavy atom. The molecule has 0 fully saturated rings. The first-order valence-electron chi connectivity index (χ1n) is 26.5. The number of allylic oxidation sites excluding steroid dienone is 12. The molecule has 0 aliphatic rings. The summed E-state index contributed by atoms with van der Waals surface area (Å²) in [6.45, 7) is 11.9. The van der Waals surface area contributed by atoms with Crippen LogP contribution in [-0.2, 0) is 0 Å². The highest BCUT2D eigenvalue weighted by atomic mass is 16.3. The zero-order chi connectivity index (χ0) is 45.2. The Bertz CT molecular complexity index is 1020. The first-order valence-corrected chi connectivity index (χ1v) is 26.5. The maximum Gasteiger partial charge on any atom is 0.0667 e. The van der Waals surface area contributed by atoms with Crippen molar-refractivity contribution in [3.05, 3.63) is 72.9 Å². The number of hydrogen-bond acceptors (Lipinski definition) is 6. The zero-order valence-corrected chi connectivity index (χ0v) is 41.6. The lowest BCUT2D eigenvalue weighted by atomic mass is 10.0. The lowest BCUT2D eigenvalue weighted by molar-refractivity contribution is 0.0563. The van der Waals surface area contributed by atoms with Crippen LogP contribution in [0.5, 0.6) is 0 Å². The minimum absolute atomic E-state index is 0.276. The van der Waals surface area contributed by atoms with Crippen LogP contribution in [0.15, 0.2) is 72.9 Å². The molecule has 3 atom stereocenters. The van der Waals surface area contributed by atoms with Gasteiger partial charge >= 0.3 is 0 Å². The van der Waals surface area contributed by atoms with Gasteiger partial charge in [-0.25, -0.2) is 0 Å². The summed E-state index contributed by atoms with van der Waals surface area (Å²) >= 11 is 0. The van der Waals surface area contributed by atoms with Crippen molar-refractivity contribution in [2.75, 3.05) is 52.9 Å². The highest BCUT2D eigenvalue weighted by Gasteiger charge is 2.17. The molecular formula is C56H105N3O3. The first-order chi connectivity index (χ1) is 30.4. The van der Waals surface area contributed by atoms with E-state index in [0.29, 0.717) is 19.6 Å². The fourth-order valence-electron chi connectivity index (χ4n) is 7.81. The van der Waals surface area contributed by atoms with E-state index >= 15 is 0 Å². The molecule has 6 nitrogen and oxygen atoms in total. The van der Waals surface area contributed by atoms with Crippen LogP contribution in [0.3, 0.4) is 0 Å². The van der Waals surface area contributed by atoms with Crippen LogP contribution in [0.2, 0.25) is 0 Å². The smallest absolute Gasteiger partial charge is 0.0667 e. The first kappa shape index (κ1) is 60.2. The fourth-order valence-corrected chi connectivity index (χ4v) is 7.81. The molecule has 0 radical (unpaired) electrons. The molecule has 0 amide bonds. The van der Waals surface area contributed by atoms with Gasteiger partial charge in [0.25, 0.3) is 0 Å². The maximum absolute atomic E-state index is 11.1. The third-order valence-electron chi connectivity index (χ3n) is 11.8. The van der Waals surface area contributed by atoms with E-state index in [0.717, 1.165) is 103 Å². The predicted octanol–water partition coefficient (Wildman–Crippen LogP) is 14.0. The molecule has 0 heterocycles. The Balaban J connectivity index is 4.44. The van der Waals surface area contributed by atoms with Crippen LogP contribution in [-0.4, -0.2) is 96.3 Å². The van der Waals surface area contributed by atoms with Crippen LogP contribution in [0.1, 0.15) is 213 Å². The van der Waals surface area contributed by atoms with Gasteiger partial charge in [-0.15, -0.1) is 0 Å². The highest BCUT2D eigenvalue weighted by molar-refractivity contribution is 4.94. The van der Waals surface area contributed by atoms with Gasteiger partial charge in [-0.2, -0.15) is 0 Å². The molecule has 0 aromatic carbocycles. The van der Waals surface area contributed by atoms with E-state index in [4.69, 9.17) is 0 Å². The van der Waals surface area contributed by atoms with Gasteiger partial charge in [-0.3, -0.25) is 4.90 Å². The molecule has 6 heteroatoms. The average Bonchev–Trinajstić information content (AvgIpc) is 3.26. The molecule has 362 valence electrons. The summed E-state index contributed by atoms with van der Waals surface area (Å²) in [7, 11) is 2.16. The van der Waals surface area contributed by atoms with Gasteiger partial charge in [0.1, 0.15) is 0 Å². The zero-order valence-electron chi connectivity index (χ0n) is 41.6. The van der Waals surface area contributed by atoms with Crippen LogP contribution >= 0.6 is 0 Å². The highest BCUT2D eigenvalue weighted by Crippen LogP contribution is 2.14. The summed E-state index contributed by atoms with van der Waals surface area (Å²) < 4.78 is 0. The van der Waals surface area contributed by atoms with E-state index in [9.17, 15) is 15.3 Å². The number of nitrogens with zero attached hydrogens (tertiary/aromatic N) is 2. The SMILES string of the molecule is CC/C=C\C/C=C\CCCCCCCCC(O)CNCCN(C)CCN(CC(O)CCCCCCCC/C=C\C/C=C\CC)CC(O)CCCCCCCC/C=C\C/C=C\CC. The molecule has 0 aliphatic carbocycles. The predicted molar refractivity (Wildman–Crippen MR) is 275 cm³/mol. The van der Waals surface area contributed by atoms with Crippen LogP contribution in [0.4, 0.5) is 0 Å². The molecule has 4 N–H and O–H groups in total. The molecule has 0 spiro atoms. The maximum atomic E-state index is 11.1. The van der Waals surface area contributed by atoms with Crippen molar-refractivity contribution >= 4 is 0 Å².